The lowest BCUT2D eigenvalue weighted by Gasteiger charge is -2.08. The molecule has 0 heterocycles. The van der Waals surface area contributed by atoms with Gasteiger partial charge in [0.2, 0.25) is 0 Å². The van der Waals surface area contributed by atoms with Crippen LogP contribution in [0.3, 0.4) is 0 Å². The summed E-state index contributed by atoms with van der Waals surface area (Å²) in [5.41, 5.74) is 1.18. The molecule has 0 aliphatic heterocycles. The van der Waals surface area contributed by atoms with Crippen LogP contribution in [0, 0.1) is 5.92 Å². The highest BCUT2D eigenvalue weighted by Gasteiger charge is 2.05. The van der Waals surface area contributed by atoms with Crippen LogP contribution in [0.1, 0.15) is 57.4 Å². The third kappa shape index (κ3) is 9.51. The fraction of sp³-hybridized carbons (Fsp3) is 0.550. The van der Waals surface area contributed by atoms with Crippen molar-refractivity contribution >= 4 is 6.29 Å². The van der Waals surface area contributed by atoms with Gasteiger partial charge >= 0.3 is 0 Å². The minimum Gasteiger partial charge on any atom is -0.377 e. The van der Waals surface area contributed by atoms with Crippen molar-refractivity contribution in [2.45, 2.75) is 58.5 Å². The maximum Gasteiger partial charge on any atom is 0.123 e. The van der Waals surface area contributed by atoms with E-state index in [9.17, 15) is 4.79 Å². The first-order chi connectivity index (χ1) is 10.9. The Morgan fingerprint density at radius 2 is 1.91 bits per heavy atom. The first-order valence-corrected chi connectivity index (χ1v) is 8.58. The van der Waals surface area contributed by atoms with E-state index in [1.807, 2.05) is 18.2 Å². The molecule has 1 atom stereocenters. The van der Waals surface area contributed by atoms with Crippen molar-refractivity contribution in [3.63, 3.8) is 0 Å². The van der Waals surface area contributed by atoms with E-state index in [-0.39, 0.29) is 5.92 Å². The molecule has 0 spiro atoms. The average molecular weight is 302 g/mol. The highest BCUT2D eigenvalue weighted by atomic mass is 16.5. The number of benzene rings is 1. The van der Waals surface area contributed by atoms with E-state index in [0.29, 0.717) is 13.2 Å². The summed E-state index contributed by atoms with van der Waals surface area (Å²) in [6.45, 7) is 3.49. The molecule has 0 bridgehead atoms. The van der Waals surface area contributed by atoms with Gasteiger partial charge in [-0.1, -0.05) is 68.7 Å². The van der Waals surface area contributed by atoms with Crippen molar-refractivity contribution in [2.75, 3.05) is 6.61 Å². The zero-order valence-corrected chi connectivity index (χ0v) is 13.9. The summed E-state index contributed by atoms with van der Waals surface area (Å²) in [4.78, 5) is 11.1. The van der Waals surface area contributed by atoms with Gasteiger partial charge in [-0.05, 0) is 31.2 Å². The zero-order chi connectivity index (χ0) is 15.9. The number of allylic oxidation sites excluding steroid dienone is 2. The van der Waals surface area contributed by atoms with Gasteiger partial charge in [-0.3, -0.25) is 0 Å². The van der Waals surface area contributed by atoms with E-state index in [2.05, 4.69) is 31.2 Å². The second-order valence-electron chi connectivity index (χ2n) is 5.78. The molecular formula is C20H30O2. The number of rotatable bonds is 13. The molecule has 0 fully saturated rings. The Morgan fingerprint density at radius 3 is 2.64 bits per heavy atom. The van der Waals surface area contributed by atoms with Gasteiger partial charge in [0.05, 0.1) is 6.61 Å². The summed E-state index contributed by atoms with van der Waals surface area (Å²) in [7, 11) is 0. The average Bonchev–Trinajstić information content (AvgIpc) is 2.57. The van der Waals surface area contributed by atoms with Gasteiger partial charge in [0, 0.05) is 12.5 Å². The fourth-order valence-corrected chi connectivity index (χ4v) is 2.32. The van der Waals surface area contributed by atoms with Crippen LogP contribution in [0.2, 0.25) is 0 Å². The summed E-state index contributed by atoms with van der Waals surface area (Å²) >= 11 is 0. The van der Waals surface area contributed by atoms with Gasteiger partial charge in [-0.15, -0.1) is 0 Å². The number of hydrogen-bond acceptors (Lipinski definition) is 2. The summed E-state index contributed by atoms with van der Waals surface area (Å²) in [5.74, 6) is 0.0858. The number of aldehydes is 1. The number of carbonyl (C=O) groups excluding carboxylic acids is 1. The SMILES string of the molecule is CCCCCC/C=C/C[C@@H](C=O)CCOCc1ccccc1. The Morgan fingerprint density at radius 1 is 1.09 bits per heavy atom. The quantitative estimate of drug-likeness (QED) is 0.280. The highest BCUT2D eigenvalue weighted by molar-refractivity contribution is 5.53. The zero-order valence-electron chi connectivity index (χ0n) is 13.9. The molecule has 0 radical (unpaired) electrons. The van der Waals surface area contributed by atoms with Crippen LogP contribution < -0.4 is 0 Å². The maximum absolute atomic E-state index is 11.1. The van der Waals surface area contributed by atoms with Crippen LogP contribution in [0.4, 0.5) is 0 Å². The van der Waals surface area contributed by atoms with E-state index in [0.717, 1.165) is 25.5 Å². The Labute approximate surface area is 135 Å². The van der Waals surface area contributed by atoms with Crippen LogP contribution in [-0.4, -0.2) is 12.9 Å². The van der Waals surface area contributed by atoms with Crippen LogP contribution >= 0.6 is 0 Å². The molecule has 122 valence electrons. The molecule has 1 rings (SSSR count). The largest absolute Gasteiger partial charge is 0.377 e. The number of unbranched alkanes of at least 4 members (excludes halogenated alkanes) is 4. The van der Waals surface area contributed by atoms with Crippen molar-refractivity contribution in [3.05, 3.63) is 48.0 Å². The summed E-state index contributed by atoms with van der Waals surface area (Å²) in [6.07, 6.45) is 13.4. The monoisotopic (exact) mass is 302 g/mol. The molecule has 0 aliphatic carbocycles. The standard InChI is InChI=1S/C20H30O2/c1-2-3-4-5-6-7-9-12-19(17-21)15-16-22-18-20-13-10-8-11-14-20/h7-11,13-14,17,19H,2-6,12,15-16,18H2,1H3/b9-7+/t19-/m1/s1. The summed E-state index contributed by atoms with van der Waals surface area (Å²) in [6, 6.07) is 10.1. The molecule has 1 aromatic rings. The Bertz CT molecular complexity index is 397. The Hall–Kier alpha value is -1.41. The molecule has 0 saturated heterocycles. The van der Waals surface area contributed by atoms with Crippen molar-refractivity contribution in [3.8, 4) is 0 Å². The Kier molecular flexibility index (Phi) is 11.2. The van der Waals surface area contributed by atoms with Crippen molar-refractivity contribution in [1.29, 1.82) is 0 Å². The summed E-state index contributed by atoms with van der Waals surface area (Å²) in [5, 5.41) is 0. The first-order valence-electron chi connectivity index (χ1n) is 8.58. The Balaban J connectivity index is 2.06. The van der Waals surface area contributed by atoms with Crippen molar-refractivity contribution in [2.24, 2.45) is 5.92 Å². The van der Waals surface area contributed by atoms with E-state index in [4.69, 9.17) is 4.74 Å². The molecule has 1 aromatic carbocycles. The molecular weight excluding hydrogens is 272 g/mol. The lowest BCUT2D eigenvalue weighted by Crippen LogP contribution is -2.06. The first kappa shape index (κ1) is 18.6. The van der Waals surface area contributed by atoms with E-state index < -0.39 is 0 Å². The van der Waals surface area contributed by atoms with Crippen LogP contribution in [0.5, 0.6) is 0 Å². The van der Waals surface area contributed by atoms with E-state index in [1.54, 1.807) is 0 Å². The van der Waals surface area contributed by atoms with Crippen LogP contribution in [0.15, 0.2) is 42.5 Å². The van der Waals surface area contributed by atoms with E-state index >= 15 is 0 Å². The summed E-state index contributed by atoms with van der Waals surface area (Å²) < 4.78 is 5.64. The molecule has 0 N–H and O–H groups in total. The van der Waals surface area contributed by atoms with Gasteiger partial charge in [0.15, 0.2) is 0 Å². The number of ether oxygens (including phenoxy) is 1. The lowest BCUT2D eigenvalue weighted by atomic mass is 10.0. The van der Waals surface area contributed by atoms with Crippen molar-refractivity contribution in [1.82, 2.24) is 0 Å². The predicted molar refractivity (Wildman–Crippen MR) is 92.8 cm³/mol. The third-order valence-corrected chi connectivity index (χ3v) is 3.77. The lowest BCUT2D eigenvalue weighted by molar-refractivity contribution is -0.111. The maximum atomic E-state index is 11.1. The molecule has 0 amide bonds. The smallest absolute Gasteiger partial charge is 0.123 e. The van der Waals surface area contributed by atoms with Gasteiger partial charge in [-0.25, -0.2) is 0 Å². The number of carbonyl (C=O) groups is 1. The predicted octanol–water partition coefficient (Wildman–Crippen LogP) is 5.33. The number of hydrogen-bond donors (Lipinski definition) is 0. The highest BCUT2D eigenvalue weighted by Crippen LogP contribution is 2.10. The van der Waals surface area contributed by atoms with Crippen LogP contribution in [0.25, 0.3) is 0 Å². The molecule has 0 saturated carbocycles. The molecule has 2 nitrogen and oxygen atoms in total. The van der Waals surface area contributed by atoms with Gasteiger partial charge in [-0.2, -0.15) is 0 Å². The molecule has 22 heavy (non-hydrogen) atoms. The van der Waals surface area contributed by atoms with Gasteiger partial charge < -0.3 is 9.53 Å². The minimum atomic E-state index is 0.0858. The normalized spacial score (nSPS) is 12.6. The topological polar surface area (TPSA) is 26.3 Å². The molecule has 2 heteroatoms. The molecule has 0 aromatic heterocycles. The second kappa shape index (κ2) is 13.3. The van der Waals surface area contributed by atoms with Gasteiger partial charge in [0.1, 0.15) is 6.29 Å². The fourth-order valence-electron chi connectivity index (χ4n) is 2.32. The minimum absolute atomic E-state index is 0.0858. The third-order valence-electron chi connectivity index (χ3n) is 3.77. The molecule has 0 unspecified atom stereocenters. The van der Waals surface area contributed by atoms with Crippen LogP contribution in [-0.2, 0) is 16.1 Å². The van der Waals surface area contributed by atoms with Gasteiger partial charge in [0.25, 0.3) is 0 Å². The second-order valence-corrected chi connectivity index (χ2v) is 5.78. The van der Waals surface area contributed by atoms with Crippen molar-refractivity contribution < 1.29 is 9.53 Å². The van der Waals surface area contributed by atoms with E-state index in [1.165, 1.54) is 31.2 Å². The molecule has 0 aliphatic rings.